The average Bonchev–Trinajstić information content (AvgIpc) is 2.78. The van der Waals surface area contributed by atoms with Crippen LogP contribution in [-0.2, 0) is 0 Å². The lowest BCUT2D eigenvalue weighted by Gasteiger charge is -2.41. The molecule has 0 aromatic heterocycles. The molecular formula is C13H23N5. The number of nitrogens with one attached hydrogen (secondary N) is 1. The first-order chi connectivity index (χ1) is 8.71. The molecule has 0 aromatic carbocycles. The van der Waals surface area contributed by atoms with Crippen LogP contribution in [0.15, 0.2) is 0 Å². The predicted molar refractivity (Wildman–Crippen MR) is 69.8 cm³/mol. The summed E-state index contributed by atoms with van der Waals surface area (Å²) in [7, 11) is 1.74. The summed E-state index contributed by atoms with van der Waals surface area (Å²) in [4.78, 5) is 3.80. The smallest absolute Gasteiger partial charge is 0.185 e. The summed E-state index contributed by atoms with van der Waals surface area (Å²) in [6.07, 6.45) is 10.8. The molecule has 1 rings (SSSR count). The molecule has 100 valence electrons. The fourth-order valence-electron chi connectivity index (χ4n) is 2.66. The fourth-order valence-corrected chi connectivity index (χ4v) is 2.66. The Morgan fingerprint density at radius 2 is 2.11 bits per heavy atom. The van der Waals surface area contributed by atoms with Gasteiger partial charge in [0.1, 0.15) is 0 Å². The molecule has 1 aliphatic rings. The molecule has 0 saturated carbocycles. The molecule has 0 amide bonds. The van der Waals surface area contributed by atoms with Crippen molar-refractivity contribution in [3.63, 3.8) is 0 Å². The van der Waals surface area contributed by atoms with E-state index in [-0.39, 0.29) is 0 Å². The maximum Gasteiger partial charge on any atom is 0.185 e. The van der Waals surface area contributed by atoms with Crippen molar-refractivity contribution in [2.75, 3.05) is 20.1 Å². The first-order valence-corrected chi connectivity index (χ1v) is 6.76. The van der Waals surface area contributed by atoms with Gasteiger partial charge in [0.25, 0.3) is 0 Å². The maximum atomic E-state index is 9.11. The molecule has 1 unspecified atom stereocenters. The zero-order chi connectivity index (χ0) is 13.4. The molecule has 5 heteroatoms. The van der Waals surface area contributed by atoms with Gasteiger partial charge >= 0.3 is 0 Å². The Morgan fingerprint density at radius 3 is 2.72 bits per heavy atom. The highest BCUT2D eigenvalue weighted by atomic mass is 15.5. The van der Waals surface area contributed by atoms with Crippen LogP contribution < -0.4 is 5.32 Å². The number of unbranched alkanes of at least 4 members (excludes halogenated alkanes) is 3. The normalized spacial score (nSPS) is 23.3. The van der Waals surface area contributed by atoms with Crippen LogP contribution in [0.3, 0.4) is 0 Å². The van der Waals surface area contributed by atoms with E-state index in [9.17, 15) is 0 Å². The Balaban J connectivity index is 2.64. The van der Waals surface area contributed by atoms with Crippen molar-refractivity contribution in [3.05, 3.63) is 0 Å². The summed E-state index contributed by atoms with van der Waals surface area (Å²) in [6, 6.07) is 0. The standard InChI is InChI=1S/C13H23N5/c1-3-4-5-6-9-18-10-7-8-13(18,16-11-14)17(2)12-15/h16H,3-10H2,1-2H3. The highest BCUT2D eigenvalue weighted by Crippen LogP contribution is 2.29. The van der Waals surface area contributed by atoms with Gasteiger partial charge < -0.3 is 0 Å². The zero-order valence-electron chi connectivity index (χ0n) is 11.4. The van der Waals surface area contributed by atoms with Crippen molar-refractivity contribution in [1.82, 2.24) is 15.1 Å². The highest BCUT2D eigenvalue weighted by Gasteiger charge is 2.44. The van der Waals surface area contributed by atoms with Crippen molar-refractivity contribution >= 4 is 0 Å². The fraction of sp³-hybridized carbons (Fsp3) is 0.846. The quantitative estimate of drug-likeness (QED) is 0.322. The van der Waals surface area contributed by atoms with Gasteiger partial charge in [-0.3, -0.25) is 15.1 Å². The van der Waals surface area contributed by atoms with Crippen molar-refractivity contribution in [2.45, 2.75) is 51.2 Å². The molecular weight excluding hydrogens is 226 g/mol. The van der Waals surface area contributed by atoms with Crippen LogP contribution in [0.4, 0.5) is 0 Å². The molecule has 18 heavy (non-hydrogen) atoms. The minimum atomic E-state index is -0.588. The first kappa shape index (κ1) is 14.6. The van der Waals surface area contributed by atoms with Crippen LogP contribution in [0.2, 0.25) is 0 Å². The van der Waals surface area contributed by atoms with E-state index in [0.717, 1.165) is 32.4 Å². The van der Waals surface area contributed by atoms with Gasteiger partial charge in [-0.25, -0.2) is 0 Å². The summed E-state index contributed by atoms with van der Waals surface area (Å²) in [5, 5.41) is 20.9. The van der Waals surface area contributed by atoms with Gasteiger partial charge in [-0.05, 0) is 12.8 Å². The summed E-state index contributed by atoms with van der Waals surface area (Å²) < 4.78 is 0. The predicted octanol–water partition coefficient (Wildman–Crippen LogP) is 1.80. The van der Waals surface area contributed by atoms with E-state index < -0.39 is 5.79 Å². The second-order valence-electron chi connectivity index (χ2n) is 4.86. The molecule has 1 saturated heterocycles. The van der Waals surface area contributed by atoms with Crippen LogP contribution in [0.25, 0.3) is 0 Å². The number of hydrogen-bond donors (Lipinski definition) is 1. The first-order valence-electron chi connectivity index (χ1n) is 6.76. The van der Waals surface area contributed by atoms with Gasteiger partial charge in [0.05, 0.1) is 0 Å². The Kier molecular flexibility index (Phi) is 5.74. The number of rotatable bonds is 7. The number of nitriles is 2. The molecule has 1 N–H and O–H groups in total. The van der Waals surface area contributed by atoms with Gasteiger partial charge in [-0.1, -0.05) is 26.2 Å². The van der Waals surface area contributed by atoms with Gasteiger partial charge in [0.2, 0.25) is 0 Å². The lowest BCUT2D eigenvalue weighted by molar-refractivity contribution is 0.00299. The lowest BCUT2D eigenvalue weighted by Crippen LogP contribution is -2.62. The van der Waals surface area contributed by atoms with Crippen LogP contribution in [-0.4, -0.2) is 35.7 Å². The van der Waals surface area contributed by atoms with Gasteiger partial charge in [0, 0.05) is 26.6 Å². The Hall–Kier alpha value is -1.46. The third-order valence-electron chi connectivity index (χ3n) is 3.72. The third-order valence-corrected chi connectivity index (χ3v) is 3.72. The third kappa shape index (κ3) is 3.05. The number of nitrogens with zero attached hydrogens (tertiary/aromatic N) is 4. The van der Waals surface area contributed by atoms with Gasteiger partial charge in [0.15, 0.2) is 18.2 Å². The Labute approximate surface area is 110 Å². The van der Waals surface area contributed by atoms with Crippen LogP contribution in [0.5, 0.6) is 0 Å². The van der Waals surface area contributed by atoms with Crippen molar-refractivity contribution in [1.29, 1.82) is 10.5 Å². The van der Waals surface area contributed by atoms with E-state index in [1.807, 2.05) is 6.19 Å². The van der Waals surface area contributed by atoms with Gasteiger partial charge in [-0.2, -0.15) is 10.5 Å². The Bertz CT molecular complexity index is 329. The number of hydrogen-bond acceptors (Lipinski definition) is 5. The molecule has 0 bridgehead atoms. The Morgan fingerprint density at radius 1 is 1.33 bits per heavy atom. The summed E-state index contributed by atoms with van der Waals surface area (Å²) in [5.74, 6) is -0.588. The summed E-state index contributed by atoms with van der Waals surface area (Å²) >= 11 is 0. The van der Waals surface area contributed by atoms with E-state index in [4.69, 9.17) is 10.5 Å². The molecule has 1 aliphatic heterocycles. The van der Waals surface area contributed by atoms with Crippen LogP contribution in [0.1, 0.15) is 45.4 Å². The molecule has 1 atom stereocenters. The maximum absolute atomic E-state index is 9.11. The minimum absolute atomic E-state index is 0.588. The monoisotopic (exact) mass is 249 g/mol. The molecule has 0 aliphatic carbocycles. The van der Waals surface area contributed by atoms with Crippen molar-refractivity contribution < 1.29 is 0 Å². The summed E-state index contributed by atoms with van der Waals surface area (Å²) in [5.41, 5.74) is 0. The van der Waals surface area contributed by atoms with Crippen LogP contribution >= 0.6 is 0 Å². The topological polar surface area (TPSA) is 66.1 Å². The molecule has 0 spiro atoms. The molecule has 5 nitrogen and oxygen atoms in total. The van der Waals surface area contributed by atoms with E-state index >= 15 is 0 Å². The average molecular weight is 249 g/mol. The summed E-state index contributed by atoms with van der Waals surface area (Å²) in [6.45, 7) is 4.09. The largest absolute Gasteiger partial charge is 0.286 e. The second kappa shape index (κ2) is 7.08. The van der Waals surface area contributed by atoms with Gasteiger partial charge in [-0.15, -0.1) is 0 Å². The molecule has 1 fully saturated rings. The van der Waals surface area contributed by atoms with Crippen LogP contribution in [0, 0.1) is 22.9 Å². The SMILES string of the molecule is CCCCCCN1CCCC1(NC#N)N(C)C#N. The minimum Gasteiger partial charge on any atom is -0.286 e. The highest BCUT2D eigenvalue weighted by molar-refractivity contribution is 5.00. The zero-order valence-corrected chi connectivity index (χ0v) is 11.4. The van der Waals surface area contributed by atoms with E-state index in [2.05, 4.69) is 23.3 Å². The molecule has 0 radical (unpaired) electrons. The van der Waals surface area contributed by atoms with E-state index in [0.29, 0.717) is 0 Å². The lowest BCUT2D eigenvalue weighted by atomic mass is 10.2. The van der Waals surface area contributed by atoms with E-state index in [1.54, 1.807) is 11.9 Å². The number of likely N-dealkylation sites (tertiary alicyclic amines) is 1. The van der Waals surface area contributed by atoms with Crippen molar-refractivity contribution in [3.8, 4) is 12.4 Å². The second-order valence-corrected chi connectivity index (χ2v) is 4.86. The van der Waals surface area contributed by atoms with E-state index in [1.165, 1.54) is 19.3 Å². The molecule has 0 aromatic rings. The van der Waals surface area contributed by atoms with Crippen molar-refractivity contribution in [2.24, 2.45) is 0 Å². The molecule has 1 heterocycles.